The summed E-state index contributed by atoms with van der Waals surface area (Å²) in [4.78, 5) is 2.91. The van der Waals surface area contributed by atoms with Crippen molar-refractivity contribution < 1.29 is 13.4 Å². The molecule has 0 aliphatic carbocycles. The molecule has 112 valence electrons. The first-order chi connectivity index (χ1) is 10.6. The molecule has 0 aromatic heterocycles. The summed E-state index contributed by atoms with van der Waals surface area (Å²) in [6, 6.07) is 22.2. The average Bonchev–Trinajstić information content (AvgIpc) is 2.55. The van der Waals surface area contributed by atoms with Gasteiger partial charge in [-0.1, -0.05) is 48.5 Å². The number of fused-ring (bicyclic) bond motifs is 1. The van der Waals surface area contributed by atoms with Crippen molar-refractivity contribution in [1.29, 1.82) is 0 Å². The smallest absolute Gasteiger partial charge is 0.213 e. The second-order valence-corrected chi connectivity index (χ2v) is 6.79. The molecule has 3 aromatic rings. The maximum atomic E-state index is 12.5. The lowest BCUT2D eigenvalue weighted by Crippen LogP contribution is -3.11. The van der Waals surface area contributed by atoms with E-state index in [0.717, 1.165) is 16.5 Å². The zero-order chi connectivity index (χ0) is 15.6. The van der Waals surface area contributed by atoms with Crippen LogP contribution in [0.4, 0.5) is 5.69 Å². The highest BCUT2D eigenvalue weighted by Crippen LogP contribution is 2.18. The molecule has 0 fully saturated rings. The van der Waals surface area contributed by atoms with E-state index < -0.39 is 10.0 Å². The van der Waals surface area contributed by atoms with E-state index in [9.17, 15) is 8.42 Å². The van der Waals surface area contributed by atoms with Crippen LogP contribution < -0.4 is 9.84 Å². The van der Waals surface area contributed by atoms with E-state index in [1.165, 1.54) is 0 Å². The molecular formula is C17H17N2O2S+. The SMILES string of the molecule is C[NH+](NS(=O)(=O)c1ccc2ccccc2c1)c1ccccc1. The summed E-state index contributed by atoms with van der Waals surface area (Å²) in [5.74, 6) is 0. The average molecular weight is 313 g/mol. The number of benzene rings is 3. The molecule has 0 saturated heterocycles. The first-order valence-corrected chi connectivity index (χ1v) is 8.45. The number of hydrogen-bond donors (Lipinski definition) is 2. The van der Waals surface area contributed by atoms with Crippen molar-refractivity contribution in [2.75, 3.05) is 7.05 Å². The molecule has 22 heavy (non-hydrogen) atoms. The number of rotatable bonds is 4. The molecule has 0 saturated carbocycles. The summed E-state index contributed by atoms with van der Waals surface area (Å²) < 4.78 is 25.1. The molecule has 0 radical (unpaired) electrons. The minimum atomic E-state index is -3.59. The minimum absolute atomic E-state index is 0.265. The van der Waals surface area contributed by atoms with E-state index in [1.54, 1.807) is 19.2 Å². The predicted molar refractivity (Wildman–Crippen MR) is 87.3 cm³/mol. The number of hydrogen-bond acceptors (Lipinski definition) is 2. The maximum absolute atomic E-state index is 12.5. The first-order valence-electron chi connectivity index (χ1n) is 6.97. The van der Waals surface area contributed by atoms with Crippen LogP contribution in [0.15, 0.2) is 77.7 Å². The molecule has 0 aliphatic rings. The van der Waals surface area contributed by atoms with Crippen molar-refractivity contribution in [1.82, 2.24) is 4.83 Å². The zero-order valence-corrected chi connectivity index (χ0v) is 13.0. The van der Waals surface area contributed by atoms with Crippen LogP contribution in [0.5, 0.6) is 0 Å². The Bertz CT molecular complexity index is 893. The van der Waals surface area contributed by atoms with Gasteiger partial charge < -0.3 is 0 Å². The fourth-order valence-electron chi connectivity index (χ4n) is 2.34. The molecule has 1 atom stereocenters. The minimum Gasteiger partial charge on any atom is -0.213 e. The van der Waals surface area contributed by atoms with Crippen LogP contribution in [-0.2, 0) is 10.0 Å². The molecule has 3 aromatic carbocycles. The van der Waals surface area contributed by atoms with Gasteiger partial charge in [-0.15, -0.1) is 0 Å². The summed E-state index contributed by atoms with van der Waals surface area (Å²) in [6.07, 6.45) is 0. The zero-order valence-electron chi connectivity index (χ0n) is 12.2. The summed E-state index contributed by atoms with van der Waals surface area (Å²) in [7, 11) is -1.83. The monoisotopic (exact) mass is 313 g/mol. The van der Waals surface area contributed by atoms with Crippen molar-refractivity contribution in [2.24, 2.45) is 0 Å². The lowest BCUT2D eigenvalue weighted by molar-refractivity contribution is -0.843. The highest BCUT2D eigenvalue weighted by Gasteiger charge is 2.20. The number of sulfonamides is 1. The number of quaternary nitrogens is 1. The topological polar surface area (TPSA) is 50.6 Å². The fraction of sp³-hybridized carbons (Fsp3) is 0.0588. The van der Waals surface area contributed by atoms with Crippen molar-refractivity contribution in [3.8, 4) is 0 Å². The van der Waals surface area contributed by atoms with E-state index in [2.05, 4.69) is 4.83 Å². The van der Waals surface area contributed by atoms with Crippen LogP contribution >= 0.6 is 0 Å². The van der Waals surface area contributed by atoms with Crippen LogP contribution in [-0.4, -0.2) is 15.5 Å². The summed E-state index contributed by atoms with van der Waals surface area (Å²) in [5.41, 5.74) is 0.854. The van der Waals surface area contributed by atoms with E-state index in [0.29, 0.717) is 5.01 Å². The molecule has 2 N–H and O–H groups in total. The summed E-state index contributed by atoms with van der Waals surface area (Å²) in [6.45, 7) is 0. The third-order valence-corrected chi connectivity index (χ3v) is 4.97. The third-order valence-electron chi connectivity index (χ3n) is 3.53. The molecule has 5 heteroatoms. The van der Waals surface area contributed by atoms with Gasteiger partial charge in [-0.2, -0.15) is 0 Å². The van der Waals surface area contributed by atoms with Gasteiger partial charge in [0, 0.05) is 12.1 Å². The van der Waals surface area contributed by atoms with Crippen molar-refractivity contribution in [3.63, 3.8) is 0 Å². The van der Waals surface area contributed by atoms with Crippen molar-refractivity contribution >= 4 is 26.5 Å². The molecule has 0 spiro atoms. The van der Waals surface area contributed by atoms with Gasteiger partial charge in [-0.3, -0.25) is 0 Å². The molecule has 0 amide bonds. The van der Waals surface area contributed by atoms with Crippen LogP contribution in [0.3, 0.4) is 0 Å². The van der Waals surface area contributed by atoms with Crippen LogP contribution in [0, 0.1) is 0 Å². The Morgan fingerprint density at radius 2 is 1.45 bits per heavy atom. The second-order valence-electron chi connectivity index (χ2n) is 5.11. The van der Waals surface area contributed by atoms with Gasteiger partial charge in [0.05, 0.1) is 11.9 Å². The van der Waals surface area contributed by atoms with Crippen LogP contribution in [0.1, 0.15) is 0 Å². The molecular weight excluding hydrogens is 296 g/mol. The van der Waals surface area contributed by atoms with E-state index in [4.69, 9.17) is 0 Å². The molecule has 0 bridgehead atoms. The number of para-hydroxylation sites is 1. The Morgan fingerprint density at radius 3 is 2.18 bits per heavy atom. The second kappa shape index (κ2) is 5.88. The quantitative estimate of drug-likeness (QED) is 0.723. The molecule has 4 nitrogen and oxygen atoms in total. The van der Waals surface area contributed by atoms with Gasteiger partial charge in [0.25, 0.3) is 10.0 Å². The van der Waals surface area contributed by atoms with Gasteiger partial charge in [0.15, 0.2) is 5.69 Å². The Hall–Kier alpha value is -2.21. The summed E-state index contributed by atoms with van der Waals surface area (Å²) >= 11 is 0. The van der Waals surface area contributed by atoms with E-state index >= 15 is 0 Å². The molecule has 0 aliphatic heterocycles. The van der Waals surface area contributed by atoms with E-state index in [-0.39, 0.29) is 4.90 Å². The van der Waals surface area contributed by atoms with Gasteiger partial charge in [-0.25, -0.2) is 13.4 Å². The first kappa shape index (κ1) is 14.7. The Balaban J connectivity index is 1.91. The number of nitrogens with one attached hydrogen (secondary N) is 2. The van der Waals surface area contributed by atoms with Crippen LogP contribution in [0.2, 0.25) is 0 Å². The Kier molecular flexibility index (Phi) is 3.94. The lowest BCUT2D eigenvalue weighted by Gasteiger charge is -2.14. The normalized spacial score (nSPS) is 13.1. The lowest BCUT2D eigenvalue weighted by atomic mass is 10.1. The van der Waals surface area contributed by atoms with Crippen LogP contribution in [0.25, 0.3) is 10.8 Å². The van der Waals surface area contributed by atoms with Gasteiger partial charge in [-0.05, 0) is 27.7 Å². The molecule has 0 heterocycles. The standard InChI is InChI=1S/C17H16N2O2S/c1-19(16-9-3-2-4-10-16)18-22(20,21)17-12-11-14-7-5-6-8-15(14)13-17/h2-13,18H,1H3/p+1. The molecule has 3 rings (SSSR count). The largest absolute Gasteiger partial charge is 0.282 e. The van der Waals surface area contributed by atoms with Gasteiger partial charge >= 0.3 is 0 Å². The maximum Gasteiger partial charge on any atom is 0.282 e. The third kappa shape index (κ3) is 3.01. The fourth-order valence-corrected chi connectivity index (χ4v) is 3.51. The molecule has 1 unspecified atom stereocenters. The van der Waals surface area contributed by atoms with Gasteiger partial charge in [0.2, 0.25) is 0 Å². The Labute approximate surface area is 130 Å². The van der Waals surface area contributed by atoms with Crippen molar-refractivity contribution in [3.05, 3.63) is 72.8 Å². The van der Waals surface area contributed by atoms with Gasteiger partial charge in [0.1, 0.15) is 0 Å². The van der Waals surface area contributed by atoms with Crippen molar-refractivity contribution in [2.45, 2.75) is 4.90 Å². The highest BCUT2D eigenvalue weighted by atomic mass is 32.2. The predicted octanol–water partition coefficient (Wildman–Crippen LogP) is 1.88. The Morgan fingerprint density at radius 1 is 0.818 bits per heavy atom. The van der Waals surface area contributed by atoms with E-state index in [1.807, 2.05) is 60.7 Å². The highest BCUT2D eigenvalue weighted by molar-refractivity contribution is 7.89. The summed E-state index contributed by atoms with van der Waals surface area (Å²) in [5, 5.41) is 2.53.